The zero-order valence-corrected chi connectivity index (χ0v) is 19.1. The van der Waals surface area contributed by atoms with Gasteiger partial charge in [-0.1, -0.05) is 114 Å². The molecule has 0 spiro atoms. The van der Waals surface area contributed by atoms with Gasteiger partial charge in [0.15, 0.2) is 0 Å². The number of aryl methyl sites for hydroxylation is 1. The summed E-state index contributed by atoms with van der Waals surface area (Å²) in [5.41, 5.74) is 5.36. The zero-order chi connectivity index (χ0) is 21.1. The lowest BCUT2D eigenvalue weighted by atomic mass is 10.0. The lowest BCUT2D eigenvalue weighted by Gasteiger charge is -2.29. The lowest BCUT2D eigenvalue weighted by Crippen LogP contribution is -2.59. The van der Waals surface area contributed by atoms with E-state index in [0.29, 0.717) is 0 Å². The predicted molar refractivity (Wildman–Crippen MR) is 132 cm³/mol. The van der Waals surface area contributed by atoms with Crippen molar-refractivity contribution in [3.05, 3.63) is 120 Å². The van der Waals surface area contributed by atoms with Gasteiger partial charge >= 0.3 is 0 Å². The highest BCUT2D eigenvalue weighted by molar-refractivity contribution is 7.01. The average molecular weight is 413 g/mol. The van der Waals surface area contributed by atoms with Crippen molar-refractivity contribution in [3.63, 3.8) is 0 Å². The van der Waals surface area contributed by atoms with Crippen LogP contribution in [0.2, 0.25) is 0 Å². The monoisotopic (exact) mass is 412 g/mol. The van der Waals surface area contributed by atoms with Crippen molar-refractivity contribution in [1.82, 2.24) is 0 Å². The molecular formula is C28H32OSi. The molecule has 0 atom stereocenters. The van der Waals surface area contributed by atoms with Crippen LogP contribution in [0.15, 0.2) is 114 Å². The summed E-state index contributed by atoms with van der Waals surface area (Å²) in [6, 6.07) is 32.3. The first-order chi connectivity index (χ1) is 14.8. The SMILES string of the molecule is C/C=C/C/C(=C\[Si](OC)(c1ccccc1)c1ccccc1)CCCc1ccccc1. The molecular weight excluding hydrogens is 380 g/mol. The molecule has 2 heteroatoms. The van der Waals surface area contributed by atoms with Crippen LogP contribution >= 0.6 is 0 Å². The first kappa shape index (κ1) is 22.0. The van der Waals surface area contributed by atoms with Crippen molar-refractivity contribution < 1.29 is 4.43 Å². The molecule has 0 amide bonds. The summed E-state index contributed by atoms with van der Waals surface area (Å²) in [5.74, 6) is 0. The molecule has 0 aliphatic heterocycles. The molecule has 154 valence electrons. The van der Waals surface area contributed by atoms with Gasteiger partial charge in [-0.15, -0.1) is 0 Å². The Morgan fingerprint density at radius 3 is 1.83 bits per heavy atom. The van der Waals surface area contributed by atoms with E-state index < -0.39 is 8.32 Å². The molecule has 3 aromatic rings. The Kier molecular flexibility index (Phi) is 8.43. The minimum Gasteiger partial charge on any atom is -0.408 e. The van der Waals surface area contributed by atoms with Crippen LogP contribution in [0, 0.1) is 0 Å². The van der Waals surface area contributed by atoms with Crippen molar-refractivity contribution in [2.75, 3.05) is 7.11 Å². The summed E-state index contributed by atoms with van der Waals surface area (Å²) >= 11 is 0. The highest BCUT2D eigenvalue weighted by Gasteiger charge is 2.36. The quantitative estimate of drug-likeness (QED) is 0.300. The zero-order valence-electron chi connectivity index (χ0n) is 18.1. The summed E-state index contributed by atoms with van der Waals surface area (Å²) in [6.45, 7) is 2.09. The molecule has 0 bridgehead atoms. The molecule has 3 aromatic carbocycles. The number of rotatable bonds is 10. The van der Waals surface area contributed by atoms with E-state index in [9.17, 15) is 0 Å². The van der Waals surface area contributed by atoms with Gasteiger partial charge in [0.1, 0.15) is 0 Å². The van der Waals surface area contributed by atoms with Gasteiger partial charge in [-0.3, -0.25) is 0 Å². The predicted octanol–water partition coefficient (Wildman–Crippen LogP) is 5.85. The molecule has 1 nitrogen and oxygen atoms in total. The molecule has 0 aliphatic rings. The molecule has 0 saturated carbocycles. The van der Waals surface area contributed by atoms with Gasteiger partial charge in [0.05, 0.1) is 0 Å². The van der Waals surface area contributed by atoms with E-state index in [4.69, 9.17) is 4.43 Å². The van der Waals surface area contributed by atoms with Crippen LogP contribution in [0.3, 0.4) is 0 Å². The van der Waals surface area contributed by atoms with E-state index in [2.05, 4.69) is 116 Å². The summed E-state index contributed by atoms with van der Waals surface area (Å²) in [5, 5.41) is 2.58. The third-order valence-corrected chi connectivity index (χ3v) is 9.40. The molecule has 0 aliphatic carbocycles. The molecule has 0 aromatic heterocycles. The second-order valence-corrected chi connectivity index (χ2v) is 10.9. The Bertz CT molecular complexity index is 891. The Morgan fingerprint density at radius 2 is 1.33 bits per heavy atom. The van der Waals surface area contributed by atoms with E-state index in [-0.39, 0.29) is 0 Å². The first-order valence-corrected chi connectivity index (χ1v) is 12.8. The van der Waals surface area contributed by atoms with Crippen LogP contribution < -0.4 is 10.4 Å². The smallest absolute Gasteiger partial charge is 0.280 e. The minimum absolute atomic E-state index is 0.975. The third kappa shape index (κ3) is 5.68. The second-order valence-electron chi connectivity index (χ2n) is 7.59. The van der Waals surface area contributed by atoms with Gasteiger partial charge < -0.3 is 4.43 Å². The van der Waals surface area contributed by atoms with Crippen molar-refractivity contribution in [1.29, 1.82) is 0 Å². The average Bonchev–Trinajstić information content (AvgIpc) is 2.82. The Labute approximate surface area is 182 Å². The van der Waals surface area contributed by atoms with E-state index in [0.717, 1.165) is 25.7 Å². The number of benzene rings is 3. The van der Waals surface area contributed by atoms with Gasteiger partial charge in [-0.2, -0.15) is 0 Å². The second kappa shape index (κ2) is 11.5. The van der Waals surface area contributed by atoms with Gasteiger partial charge in [0.2, 0.25) is 0 Å². The maximum atomic E-state index is 6.42. The largest absolute Gasteiger partial charge is 0.408 e. The Hall–Kier alpha value is -2.68. The van der Waals surface area contributed by atoms with Crippen LogP contribution in [0.5, 0.6) is 0 Å². The van der Waals surface area contributed by atoms with Crippen LogP contribution in [0.4, 0.5) is 0 Å². The molecule has 3 rings (SSSR count). The first-order valence-electron chi connectivity index (χ1n) is 10.8. The normalized spacial score (nSPS) is 12.4. The van der Waals surface area contributed by atoms with Crippen molar-refractivity contribution in [3.8, 4) is 0 Å². The summed E-state index contributed by atoms with van der Waals surface area (Å²) in [4.78, 5) is 0. The third-order valence-electron chi connectivity index (χ3n) is 5.56. The fraction of sp³-hybridized carbons (Fsp3) is 0.214. The van der Waals surface area contributed by atoms with Gasteiger partial charge in [0.25, 0.3) is 8.32 Å². The highest BCUT2D eigenvalue weighted by atomic mass is 28.4. The topological polar surface area (TPSA) is 9.23 Å². The number of allylic oxidation sites excluding steroid dienone is 3. The van der Waals surface area contributed by atoms with Gasteiger partial charge in [0, 0.05) is 7.11 Å². The van der Waals surface area contributed by atoms with E-state index in [1.807, 2.05) is 7.11 Å². The minimum atomic E-state index is -2.46. The van der Waals surface area contributed by atoms with Crippen LogP contribution in [0.1, 0.15) is 31.7 Å². The maximum absolute atomic E-state index is 6.42. The highest BCUT2D eigenvalue weighted by Crippen LogP contribution is 2.19. The Morgan fingerprint density at radius 1 is 0.800 bits per heavy atom. The van der Waals surface area contributed by atoms with Crippen LogP contribution in [-0.4, -0.2) is 15.4 Å². The molecule has 0 radical (unpaired) electrons. The Balaban J connectivity index is 1.95. The lowest BCUT2D eigenvalue weighted by molar-refractivity contribution is 0.425. The maximum Gasteiger partial charge on any atom is 0.280 e. The van der Waals surface area contributed by atoms with Crippen molar-refractivity contribution >= 4 is 18.7 Å². The van der Waals surface area contributed by atoms with E-state index in [1.54, 1.807) is 0 Å². The van der Waals surface area contributed by atoms with E-state index in [1.165, 1.54) is 21.5 Å². The molecule has 0 saturated heterocycles. The molecule has 0 fully saturated rings. The standard InChI is InChI=1S/C28H32OSi/c1-3-4-15-26(19-14-18-25-16-8-5-9-17-25)24-30(29-2,27-20-10-6-11-21-27)28-22-12-7-13-23-28/h3-13,16-17,20-24H,14-15,18-19H2,1-2H3/b4-3+,26-24+. The molecule has 0 unspecified atom stereocenters. The molecule has 0 heterocycles. The summed E-state index contributed by atoms with van der Waals surface area (Å²) in [7, 11) is -0.585. The summed E-state index contributed by atoms with van der Waals surface area (Å²) in [6.07, 6.45) is 8.71. The van der Waals surface area contributed by atoms with Crippen molar-refractivity contribution in [2.24, 2.45) is 0 Å². The van der Waals surface area contributed by atoms with Crippen LogP contribution in [-0.2, 0) is 10.8 Å². The number of hydrogen-bond acceptors (Lipinski definition) is 1. The summed E-state index contributed by atoms with van der Waals surface area (Å²) < 4.78 is 6.42. The fourth-order valence-corrected chi connectivity index (χ4v) is 7.42. The number of hydrogen-bond donors (Lipinski definition) is 0. The van der Waals surface area contributed by atoms with E-state index >= 15 is 0 Å². The molecule has 30 heavy (non-hydrogen) atoms. The van der Waals surface area contributed by atoms with Gasteiger partial charge in [-0.25, -0.2) is 0 Å². The fourth-order valence-electron chi connectivity index (χ4n) is 3.95. The van der Waals surface area contributed by atoms with Crippen molar-refractivity contribution in [2.45, 2.75) is 32.6 Å². The molecule has 0 N–H and O–H groups in total. The van der Waals surface area contributed by atoms with Gasteiger partial charge in [-0.05, 0) is 48.5 Å². The van der Waals surface area contributed by atoms with Crippen LogP contribution in [0.25, 0.3) is 0 Å².